The Morgan fingerprint density at radius 3 is 2.30 bits per heavy atom. The summed E-state index contributed by atoms with van der Waals surface area (Å²) in [5.74, 6) is -2.15. The largest absolute Gasteiger partial charge is 0.464 e. The molecule has 1 unspecified atom stereocenters. The molecule has 2 rings (SSSR count). The number of ether oxygens (including phenoxy) is 2. The third-order valence-corrected chi connectivity index (χ3v) is 3.31. The summed E-state index contributed by atoms with van der Waals surface area (Å²) in [4.78, 5) is 38.1. The summed E-state index contributed by atoms with van der Waals surface area (Å²) in [6, 6.07) is 7.24. The van der Waals surface area contributed by atoms with E-state index in [1.165, 1.54) is 0 Å². The summed E-state index contributed by atoms with van der Waals surface area (Å²) in [6.45, 7) is 3.48. The van der Waals surface area contributed by atoms with E-state index in [0.29, 0.717) is 5.69 Å². The Hall–Kier alpha value is -2.83. The van der Waals surface area contributed by atoms with Crippen molar-refractivity contribution in [2.45, 2.75) is 19.9 Å². The van der Waals surface area contributed by atoms with Crippen LogP contribution in [0, 0.1) is 0 Å². The van der Waals surface area contributed by atoms with Crippen molar-refractivity contribution in [1.82, 2.24) is 0 Å². The second kappa shape index (κ2) is 6.95. The molecular formula is C16H18N2O5. The highest BCUT2D eigenvalue weighted by Gasteiger charge is 2.47. The quantitative estimate of drug-likeness (QED) is 0.804. The Bertz CT molecular complexity index is 654. The zero-order valence-corrected chi connectivity index (χ0v) is 12.9. The van der Waals surface area contributed by atoms with Crippen LogP contribution in [0.3, 0.4) is 0 Å². The molecule has 0 bridgehead atoms. The molecule has 2 N–H and O–H groups in total. The lowest BCUT2D eigenvalue weighted by Crippen LogP contribution is -2.43. The van der Waals surface area contributed by atoms with Gasteiger partial charge >= 0.3 is 11.9 Å². The molecule has 122 valence electrons. The van der Waals surface area contributed by atoms with Crippen molar-refractivity contribution < 1.29 is 23.9 Å². The van der Waals surface area contributed by atoms with E-state index in [2.05, 4.69) is 0 Å². The van der Waals surface area contributed by atoms with Crippen LogP contribution >= 0.6 is 0 Å². The van der Waals surface area contributed by atoms with Crippen molar-refractivity contribution in [3.8, 4) is 0 Å². The lowest BCUT2D eigenvalue weighted by atomic mass is 10.1. The average Bonchev–Trinajstić information content (AvgIpc) is 2.81. The number of carbonyl (C=O) groups excluding carboxylic acids is 3. The molecule has 0 aromatic heterocycles. The molecule has 0 aliphatic carbocycles. The topological polar surface area (TPSA) is 98.9 Å². The number of esters is 2. The number of nitrogens with zero attached hydrogens (tertiary/aromatic N) is 1. The van der Waals surface area contributed by atoms with Gasteiger partial charge in [-0.15, -0.1) is 0 Å². The highest BCUT2D eigenvalue weighted by Crippen LogP contribution is 2.30. The number of benzene rings is 1. The zero-order chi connectivity index (χ0) is 17.0. The molecule has 1 atom stereocenters. The summed E-state index contributed by atoms with van der Waals surface area (Å²) in [5, 5.41) is 0. The van der Waals surface area contributed by atoms with Gasteiger partial charge in [-0.25, -0.2) is 9.59 Å². The predicted octanol–water partition coefficient (Wildman–Crippen LogP) is 0.741. The fourth-order valence-corrected chi connectivity index (χ4v) is 2.37. The molecule has 1 amide bonds. The molecule has 1 aliphatic heterocycles. The first-order valence-electron chi connectivity index (χ1n) is 7.24. The van der Waals surface area contributed by atoms with Crippen LogP contribution in [0.5, 0.6) is 0 Å². The fourth-order valence-electron chi connectivity index (χ4n) is 2.37. The van der Waals surface area contributed by atoms with Crippen LogP contribution in [0.2, 0.25) is 0 Å². The summed E-state index contributed by atoms with van der Waals surface area (Å²) >= 11 is 0. The molecule has 0 spiro atoms. The Labute approximate surface area is 133 Å². The SMILES string of the molecule is CCOC(=O)C1=C(N)C(=O)N(c2ccccc2)C1C(=O)OCC. The number of rotatable bonds is 5. The van der Waals surface area contributed by atoms with Gasteiger partial charge in [-0.2, -0.15) is 0 Å². The zero-order valence-electron chi connectivity index (χ0n) is 12.9. The second-order valence-electron chi connectivity index (χ2n) is 4.71. The van der Waals surface area contributed by atoms with Crippen LogP contribution in [0.4, 0.5) is 5.69 Å². The van der Waals surface area contributed by atoms with E-state index in [1.54, 1.807) is 44.2 Å². The van der Waals surface area contributed by atoms with Crippen LogP contribution in [0.15, 0.2) is 41.6 Å². The smallest absolute Gasteiger partial charge is 0.339 e. The molecule has 0 saturated heterocycles. The Balaban J connectivity index is 2.50. The number of hydrogen-bond donors (Lipinski definition) is 1. The summed E-state index contributed by atoms with van der Waals surface area (Å²) in [7, 11) is 0. The maximum Gasteiger partial charge on any atom is 0.339 e. The summed E-state index contributed by atoms with van der Waals surface area (Å²) in [5.41, 5.74) is 5.75. The van der Waals surface area contributed by atoms with E-state index in [1.807, 2.05) is 0 Å². The highest BCUT2D eigenvalue weighted by atomic mass is 16.5. The predicted molar refractivity (Wildman–Crippen MR) is 82.2 cm³/mol. The third-order valence-electron chi connectivity index (χ3n) is 3.31. The number of anilines is 1. The Morgan fingerprint density at radius 2 is 1.74 bits per heavy atom. The van der Waals surface area contributed by atoms with Crippen molar-refractivity contribution >= 4 is 23.5 Å². The summed E-state index contributed by atoms with van der Waals surface area (Å²) < 4.78 is 9.93. The van der Waals surface area contributed by atoms with Gasteiger partial charge in [0.2, 0.25) is 0 Å². The molecule has 23 heavy (non-hydrogen) atoms. The number of amides is 1. The molecule has 1 aromatic carbocycles. The van der Waals surface area contributed by atoms with E-state index in [0.717, 1.165) is 4.90 Å². The van der Waals surface area contributed by atoms with Gasteiger partial charge in [0.1, 0.15) is 5.70 Å². The van der Waals surface area contributed by atoms with Crippen LogP contribution in [-0.4, -0.2) is 37.1 Å². The summed E-state index contributed by atoms with van der Waals surface area (Å²) in [6.07, 6.45) is 0. The first kappa shape index (κ1) is 16.5. The monoisotopic (exact) mass is 318 g/mol. The van der Waals surface area contributed by atoms with Crippen LogP contribution in [0.25, 0.3) is 0 Å². The molecule has 0 radical (unpaired) electrons. The van der Waals surface area contributed by atoms with E-state index in [4.69, 9.17) is 15.2 Å². The molecule has 1 aromatic rings. The van der Waals surface area contributed by atoms with Crippen LogP contribution in [-0.2, 0) is 23.9 Å². The highest BCUT2D eigenvalue weighted by molar-refractivity contribution is 6.20. The lowest BCUT2D eigenvalue weighted by Gasteiger charge is -2.24. The van der Waals surface area contributed by atoms with Gasteiger partial charge in [0, 0.05) is 5.69 Å². The first-order valence-corrected chi connectivity index (χ1v) is 7.24. The molecule has 1 heterocycles. The number of para-hydroxylation sites is 1. The van der Waals surface area contributed by atoms with Gasteiger partial charge in [-0.1, -0.05) is 18.2 Å². The third kappa shape index (κ3) is 3.03. The van der Waals surface area contributed by atoms with Crippen molar-refractivity contribution in [3.05, 3.63) is 41.6 Å². The maximum absolute atomic E-state index is 12.5. The van der Waals surface area contributed by atoms with Crippen LogP contribution in [0.1, 0.15) is 13.8 Å². The van der Waals surface area contributed by atoms with Crippen molar-refractivity contribution in [2.24, 2.45) is 5.73 Å². The van der Waals surface area contributed by atoms with Gasteiger partial charge < -0.3 is 15.2 Å². The number of nitrogens with two attached hydrogens (primary N) is 1. The minimum Gasteiger partial charge on any atom is -0.464 e. The molecule has 7 heteroatoms. The standard InChI is InChI=1S/C16H18N2O5/c1-3-22-15(20)11-12(17)14(19)18(10-8-6-5-7-9-10)13(11)16(21)23-4-2/h5-9,13H,3-4,17H2,1-2H3. The van der Waals surface area contributed by atoms with Crippen molar-refractivity contribution in [2.75, 3.05) is 18.1 Å². The second-order valence-corrected chi connectivity index (χ2v) is 4.71. The molecular weight excluding hydrogens is 300 g/mol. The molecule has 0 saturated carbocycles. The van der Waals surface area contributed by atoms with Crippen molar-refractivity contribution in [1.29, 1.82) is 0 Å². The number of hydrogen-bond acceptors (Lipinski definition) is 6. The van der Waals surface area contributed by atoms with Crippen LogP contribution < -0.4 is 10.6 Å². The lowest BCUT2D eigenvalue weighted by molar-refractivity contribution is -0.147. The first-order chi connectivity index (χ1) is 11.0. The van der Waals surface area contributed by atoms with E-state index < -0.39 is 23.9 Å². The van der Waals surface area contributed by atoms with E-state index in [9.17, 15) is 14.4 Å². The van der Waals surface area contributed by atoms with E-state index >= 15 is 0 Å². The van der Waals surface area contributed by atoms with Gasteiger partial charge in [0.05, 0.1) is 18.8 Å². The van der Waals surface area contributed by atoms with Gasteiger partial charge in [-0.3, -0.25) is 9.69 Å². The normalized spacial score (nSPS) is 17.4. The molecule has 7 nitrogen and oxygen atoms in total. The van der Waals surface area contributed by atoms with E-state index in [-0.39, 0.29) is 24.5 Å². The molecule has 1 aliphatic rings. The minimum absolute atomic E-state index is 0.102. The van der Waals surface area contributed by atoms with Gasteiger partial charge in [-0.05, 0) is 26.0 Å². The fraction of sp³-hybridized carbons (Fsp3) is 0.312. The Kier molecular flexibility index (Phi) is 5.00. The van der Waals surface area contributed by atoms with Gasteiger partial charge in [0.15, 0.2) is 6.04 Å². The number of carbonyl (C=O) groups is 3. The maximum atomic E-state index is 12.5. The Morgan fingerprint density at radius 1 is 1.13 bits per heavy atom. The minimum atomic E-state index is -1.25. The molecule has 0 fully saturated rings. The van der Waals surface area contributed by atoms with Gasteiger partial charge in [0.25, 0.3) is 5.91 Å². The average molecular weight is 318 g/mol. The van der Waals surface area contributed by atoms with Crippen molar-refractivity contribution in [3.63, 3.8) is 0 Å².